The lowest BCUT2D eigenvalue weighted by Crippen LogP contribution is -2.34. The number of rotatable bonds is 5. The Balaban J connectivity index is 2.42. The monoisotopic (exact) mass is 341 g/mol. The van der Waals surface area contributed by atoms with Gasteiger partial charge in [0.15, 0.2) is 0 Å². The van der Waals surface area contributed by atoms with Gasteiger partial charge < -0.3 is 10.3 Å². The molecule has 0 spiro atoms. The second kappa shape index (κ2) is 6.01. The molecule has 0 aliphatic carbocycles. The summed E-state index contributed by atoms with van der Waals surface area (Å²) in [7, 11) is 0. The third kappa shape index (κ3) is 2.62. The smallest absolute Gasteiger partial charge is 0.234 e. The van der Waals surface area contributed by atoms with Gasteiger partial charge in [-0.2, -0.15) is 4.98 Å². The Hall–Kier alpha value is -1.27. The molecule has 20 heavy (non-hydrogen) atoms. The van der Waals surface area contributed by atoms with Crippen molar-refractivity contribution in [2.75, 3.05) is 6.54 Å². The number of hydrogen-bond acceptors (Lipinski definition) is 4. The second-order valence-corrected chi connectivity index (χ2v) is 5.59. The van der Waals surface area contributed by atoms with E-state index in [4.69, 9.17) is 10.3 Å². The first-order chi connectivity index (χ1) is 9.56. The fourth-order valence-electron chi connectivity index (χ4n) is 2.15. The molecule has 0 amide bonds. The summed E-state index contributed by atoms with van der Waals surface area (Å²) in [4.78, 5) is 4.45. The van der Waals surface area contributed by atoms with Gasteiger partial charge in [0.05, 0.1) is 5.41 Å². The normalized spacial score (nSPS) is 11.8. The van der Waals surface area contributed by atoms with Gasteiger partial charge in [0.2, 0.25) is 11.7 Å². The van der Waals surface area contributed by atoms with Crippen LogP contribution in [0, 0.1) is 5.82 Å². The number of benzene rings is 1. The third-order valence-corrected chi connectivity index (χ3v) is 4.45. The lowest BCUT2D eigenvalue weighted by Gasteiger charge is -2.24. The van der Waals surface area contributed by atoms with Crippen LogP contribution in [0.5, 0.6) is 0 Å². The molecule has 6 heteroatoms. The van der Waals surface area contributed by atoms with Crippen molar-refractivity contribution in [1.82, 2.24) is 10.1 Å². The highest BCUT2D eigenvalue weighted by Gasteiger charge is 2.33. The van der Waals surface area contributed by atoms with Gasteiger partial charge in [-0.05, 0) is 47.0 Å². The molecular weight excluding hydrogens is 325 g/mol. The highest BCUT2D eigenvalue weighted by atomic mass is 79.9. The summed E-state index contributed by atoms with van der Waals surface area (Å²) < 4.78 is 19.1. The summed E-state index contributed by atoms with van der Waals surface area (Å²) in [6.07, 6.45) is 1.65. The van der Waals surface area contributed by atoms with Gasteiger partial charge in [0, 0.05) is 16.6 Å². The molecule has 0 aliphatic heterocycles. The summed E-state index contributed by atoms with van der Waals surface area (Å²) in [5, 5.41) is 3.99. The predicted molar refractivity (Wildman–Crippen MR) is 78.7 cm³/mol. The number of aromatic nitrogens is 2. The maximum atomic E-state index is 13.1. The van der Waals surface area contributed by atoms with Crippen molar-refractivity contribution >= 4 is 15.9 Å². The molecule has 2 N–H and O–H groups in total. The standard InChI is InChI=1S/C14H17BrFN3O/c1-3-14(4-2,8-17)13-18-12(19-20-13)10-6-5-9(16)7-11(10)15/h5-7H,3-4,8,17H2,1-2H3. The second-order valence-electron chi connectivity index (χ2n) is 4.74. The maximum Gasteiger partial charge on any atom is 0.234 e. The Kier molecular flexibility index (Phi) is 4.55. The van der Waals surface area contributed by atoms with Crippen molar-refractivity contribution in [3.8, 4) is 11.4 Å². The molecule has 1 heterocycles. The minimum Gasteiger partial charge on any atom is -0.338 e. The van der Waals surface area contributed by atoms with Crippen molar-refractivity contribution < 1.29 is 8.91 Å². The topological polar surface area (TPSA) is 64.9 Å². The Labute approximate surface area is 125 Å². The van der Waals surface area contributed by atoms with E-state index >= 15 is 0 Å². The van der Waals surface area contributed by atoms with Crippen LogP contribution in [0.4, 0.5) is 4.39 Å². The lowest BCUT2D eigenvalue weighted by molar-refractivity contribution is 0.267. The van der Waals surface area contributed by atoms with Gasteiger partial charge in [0.1, 0.15) is 5.82 Å². The van der Waals surface area contributed by atoms with Gasteiger partial charge >= 0.3 is 0 Å². The van der Waals surface area contributed by atoms with E-state index in [0.29, 0.717) is 28.3 Å². The molecule has 0 fully saturated rings. The summed E-state index contributed by atoms with van der Waals surface area (Å²) in [5.41, 5.74) is 6.27. The summed E-state index contributed by atoms with van der Waals surface area (Å²) in [6, 6.07) is 4.36. The van der Waals surface area contributed by atoms with E-state index in [1.165, 1.54) is 12.1 Å². The van der Waals surface area contributed by atoms with Crippen LogP contribution in [0.2, 0.25) is 0 Å². The van der Waals surface area contributed by atoms with E-state index in [1.54, 1.807) is 6.07 Å². The van der Waals surface area contributed by atoms with E-state index < -0.39 is 0 Å². The number of nitrogens with two attached hydrogens (primary N) is 1. The quantitative estimate of drug-likeness (QED) is 0.901. The molecule has 0 atom stereocenters. The fraction of sp³-hybridized carbons (Fsp3) is 0.429. The van der Waals surface area contributed by atoms with E-state index in [2.05, 4.69) is 26.1 Å². The van der Waals surface area contributed by atoms with Gasteiger partial charge in [-0.1, -0.05) is 19.0 Å². The maximum absolute atomic E-state index is 13.1. The Morgan fingerprint density at radius 3 is 2.60 bits per heavy atom. The molecule has 0 saturated heterocycles. The van der Waals surface area contributed by atoms with Gasteiger partial charge in [-0.15, -0.1) is 0 Å². The van der Waals surface area contributed by atoms with Crippen LogP contribution in [0.25, 0.3) is 11.4 Å². The summed E-state index contributed by atoms with van der Waals surface area (Å²) >= 11 is 3.31. The van der Waals surface area contributed by atoms with Crippen molar-refractivity contribution in [3.63, 3.8) is 0 Å². The summed E-state index contributed by atoms with van der Waals surface area (Å²) in [5.74, 6) is 0.658. The van der Waals surface area contributed by atoms with E-state index in [0.717, 1.165) is 12.8 Å². The van der Waals surface area contributed by atoms with E-state index in [1.807, 2.05) is 13.8 Å². The van der Waals surface area contributed by atoms with Crippen LogP contribution in [0.1, 0.15) is 32.6 Å². The van der Waals surface area contributed by atoms with Crippen LogP contribution in [0.3, 0.4) is 0 Å². The summed E-state index contributed by atoms with van der Waals surface area (Å²) in [6.45, 7) is 4.55. The molecule has 0 bridgehead atoms. The molecule has 1 aromatic carbocycles. The van der Waals surface area contributed by atoms with Crippen LogP contribution in [-0.4, -0.2) is 16.7 Å². The Bertz CT molecular complexity index is 588. The highest BCUT2D eigenvalue weighted by molar-refractivity contribution is 9.10. The first-order valence-electron chi connectivity index (χ1n) is 6.56. The largest absolute Gasteiger partial charge is 0.338 e. The van der Waals surface area contributed by atoms with Crippen molar-refractivity contribution in [1.29, 1.82) is 0 Å². The van der Waals surface area contributed by atoms with Crippen LogP contribution < -0.4 is 5.73 Å². The van der Waals surface area contributed by atoms with Crippen molar-refractivity contribution in [2.45, 2.75) is 32.1 Å². The number of halogens is 2. The van der Waals surface area contributed by atoms with Crippen molar-refractivity contribution in [2.24, 2.45) is 5.73 Å². The van der Waals surface area contributed by atoms with Crippen LogP contribution in [-0.2, 0) is 5.41 Å². The average molecular weight is 342 g/mol. The first kappa shape index (κ1) is 15.1. The first-order valence-corrected chi connectivity index (χ1v) is 7.35. The molecule has 2 aromatic rings. The fourth-order valence-corrected chi connectivity index (χ4v) is 2.68. The molecule has 1 aromatic heterocycles. The molecule has 2 rings (SSSR count). The van der Waals surface area contributed by atoms with Gasteiger partial charge in [0.25, 0.3) is 0 Å². The molecule has 0 saturated carbocycles. The van der Waals surface area contributed by atoms with Gasteiger partial charge in [-0.3, -0.25) is 0 Å². The predicted octanol–water partition coefficient (Wildman–Crippen LogP) is 3.65. The average Bonchev–Trinajstić information content (AvgIpc) is 2.91. The molecule has 0 aliphatic rings. The Morgan fingerprint density at radius 2 is 2.05 bits per heavy atom. The molecular formula is C14H17BrFN3O. The zero-order chi connectivity index (χ0) is 14.8. The number of nitrogens with zero attached hydrogens (tertiary/aromatic N) is 2. The molecule has 0 radical (unpaired) electrons. The van der Waals surface area contributed by atoms with Crippen LogP contribution >= 0.6 is 15.9 Å². The minimum atomic E-state index is -0.317. The molecule has 4 nitrogen and oxygen atoms in total. The van der Waals surface area contributed by atoms with E-state index in [9.17, 15) is 4.39 Å². The van der Waals surface area contributed by atoms with Crippen molar-refractivity contribution in [3.05, 3.63) is 34.4 Å². The zero-order valence-electron chi connectivity index (χ0n) is 11.5. The van der Waals surface area contributed by atoms with Crippen LogP contribution in [0.15, 0.2) is 27.2 Å². The van der Waals surface area contributed by atoms with Gasteiger partial charge in [-0.25, -0.2) is 4.39 Å². The molecule has 108 valence electrons. The lowest BCUT2D eigenvalue weighted by atomic mass is 9.82. The SMILES string of the molecule is CCC(CC)(CN)c1nc(-c2ccc(F)cc2Br)no1. The number of hydrogen-bond donors (Lipinski definition) is 1. The Morgan fingerprint density at radius 1 is 1.35 bits per heavy atom. The molecule has 0 unspecified atom stereocenters. The zero-order valence-corrected chi connectivity index (χ0v) is 13.1. The minimum absolute atomic E-state index is 0.294. The highest BCUT2D eigenvalue weighted by Crippen LogP contribution is 2.32. The van der Waals surface area contributed by atoms with E-state index in [-0.39, 0.29) is 11.2 Å². The third-order valence-electron chi connectivity index (χ3n) is 3.80.